The molecular formula is C12H8Cl2N2O3. The van der Waals surface area contributed by atoms with Crippen LogP contribution in [0.1, 0.15) is 0 Å². The van der Waals surface area contributed by atoms with Crippen molar-refractivity contribution in [2.75, 3.05) is 7.11 Å². The monoisotopic (exact) mass is 298 g/mol. The first-order chi connectivity index (χ1) is 9.01. The molecule has 0 aliphatic rings. The third-order valence-corrected chi connectivity index (χ3v) is 2.94. The van der Waals surface area contributed by atoms with Crippen molar-refractivity contribution in [3.63, 3.8) is 0 Å². The highest BCUT2D eigenvalue weighted by atomic mass is 35.5. The van der Waals surface area contributed by atoms with Crippen LogP contribution in [0.4, 0.5) is 5.69 Å². The number of nitro groups is 1. The average Bonchev–Trinajstić information content (AvgIpc) is 2.38. The molecule has 0 saturated heterocycles. The van der Waals surface area contributed by atoms with Crippen LogP contribution in [0.5, 0.6) is 5.75 Å². The van der Waals surface area contributed by atoms with Gasteiger partial charge in [0.25, 0.3) is 5.69 Å². The minimum absolute atomic E-state index is 0.0538. The Balaban J connectivity index is 2.55. The van der Waals surface area contributed by atoms with E-state index in [9.17, 15) is 10.1 Å². The molecule has 0 fully saturated rings. The van der Waals surface area contributed by atoms with Crippen LogP contribution >= 0.6 is 23.2 Å². The molecule has 1 aromatic heterocycles. The average molecular weight is 299 g/mol. The lowest BCUT2D eigenvalue weighted by Crippen LogP contribution is -1.92. The molecule has 0 spiro atoms. The van der Waals surface area contributed by atoms with Gasteiger partial charge in [-0.1, -0.05) is 29.3 Å². The highest BCUT2D eigenvalue weighted by molar-refractivity contribution is 6.32. The molecule has 5 nitrogen and oxygen atoms in total. The highest BCUT2D eigenvalue weighted by Gasteiger charge is 2.13. The third kappa shape index (κ3) is 2.94. The molecule has 1 heterocycles. The number of ether oxygens (including phenoxy) is 1. The highest BCUT2D eigenvalue weighted by Crippen LogP contribution is 2.31. The minimum Gasteiger partial charge on any atom is -0.495 e. The van der Waals surface area contributed by atoms with Gasteiger partial charge >= 0.3 is 0 Å². The molecule has 2 rings (SSSR count). The fourth-order valence-electron chi connectivity index (χ4n) is 1.56. The Bertz CT molecular complexity index is 647. The quantitative estimate of drug-likeness (QED) is 0.488. The largest absolute Gasteiger partial charge is 0.495 e. The molecule has 0 radical (unpaired) electrons. The molecule has 0 amide bonds. The van der Waals surface area contributed by atoms with E-state index in [0.29, 0.717) is 22.0 Å². The van der Waals surface area contributed by atoms with E-state index in [4.69, 9.17) is 27.9 Å². The lowest BCUT2D eigenvalue weighted by atomic mass is 10.1. The third-order valence-electron chi connectivity index (χ3n) is 2.44. The molecule has 2 aromatic rings. The van der Waals surface area contributed by atoms with Crippen molar-refractivity contribution in [3.05, 3.63) is 50.6 Å². The second-order valence-electron chi connectivity index (χ2n) is 3.64. The van der Waals surface area contributed by atoms with Crippen molar-refractivity contribution >= 4 is 28.9 Å². The van der Waals surface area contributed by atoms with Gasteiger partial charge in [0.05, 0.1) is 28.8 Å². The molecule has 0 N–H and O–H groups in total. The smallest absolute Gasteiger partial charge is 0.274 e. The molecule has 19 heavy (non-hydrogen) atoms. The van der Waals surface area contributed by atoms with Gasteiger partial charge in [0.2, 0.25) is 0 Å². The topological polar surface area (TPSA) is 65.3 Å². The Hall–Kier alpha value is -1.85. The maximum atomic E-state index is 10.8. The number of pyridine rings is 1. The molecule has 0 unspecified atom stereocenters. The number of hydrogen-bond donors (Lipinski definition) is 0. The van der Waals surface area contributed by atoms with Crippen LogP contribution < -0.4 is 4.74 Å². The van der Waals surface area contributed by atoms with Gasteiger partial charge in [-0.2, -0.15) is 0 Å². The van der Waals surface area contributed by atoms with Gasteiger partial charge in [-0.05, 0) is 12.1 Å². The van der Waals surface area contributed by atoms with Crippen molar-refractivity contribution in [3.8, 4) is 17.0 Å². The van der Waals surface area contributed by atoms with Gasteiger partial charge < -0.3 is 4.74 Å². The first-order valence-electron chi connectivity index (χ1n) is 5.17. The van der Waals surface area contributed by atoms with E-state index in [1.165, 1.54) is 19.2 Å². The van der Waals surface area contributed by atoms with Crippen LogP contribution in [0.25, 0.3) is 11.3 Å². The Morgan fingerprint density at radius 2 is 2.00 bits per heavy atom. The van der Waals surface area contributed by atoms with E-state index in [0.717, 1.165) is 0 Å². The van der Waals surface area contributed by atoms with Crippen molar-refractivity contribution in [1.82, 2.24) is 4.98 Å². The van der Waals surface area contributed by atoms with E-state index in [2.05, 4.69) is 4.98 Å². The van der Waals surface area contributed by atoms with Crippen molar-refractivity contribution in [2.45, 2.75) is 0 Å². The summed E-state index contributed by atoms with van der Waals surface area (Å²) >= 11 is 11.7. The predicted octanol–water partition coefficient (Wildman–Crippen LogP) is 3.97. The van der Waals surface area contributed by atoms with E-state index >= 15 is 0 Å². The first kappa shape index (κ1) is 13.6. The number of halogens is 2. The molecule has 98 valence electrons. The van der Waals surface area contributed by atoms with Crippen LogP contribution in [0, 0.1) is 10.1 Å². The lowest BCUT2D eigenvalue weighted by Gasteiger charge is -2.06. The van der Waals surface area contributed by atoms with Crippen LogP contribution in [-0.2, 0) is 0 Å². The summed E-state index contributed by atoms with van der Waals surface area (Å²) in [6, 6.07) is 7.49. The number of aromatic nitrogens is 1. The van der Waals surface area contributed by atoms with Crippen LogP contribution in [0.2, 0.25) is 10.2 Å². The van der Waals surface area contributed by atoms with E-state index in [-0.39, 0.29) is 10.8 Å². The zero-order valence-electron chi connectivity index (χ0n) is 9.76. The summed E-state index contributed by atoms with van der Waals surface area (Å²) in [4.78, 5) is 14.3. The number of hydrogen-bond acceptors (Lipinski definition) is 4. The van der Waals surface area contributed by atoms with Gasteiger partial charge in [0.1, 0.15) is 10.9 Å². The summed E-state index contributed by atoms with van der Waals surface area (Å²) in [5, 5.41) is 11.3. The molecular weight excluding hydrogens is 291 g/mol. The molecule has 0 bridgehead atoms. The zero-order valence-corrected chi connectivity index (χ0v) is 11.3. The Morgan fingerprint density at radius 1 is 1.26 bits per heavy atom. The molecule has 0 aliphatic heterocycles. The Labute approximate surface area is 118 Å². The second kappa shape index (κ2) is 5.42. The summed E-state index contributed by atoms with van der Waals surface area (Å²) in [5.74, 6) is 0.462. The molecule has 7 heteroatoms. The van der Waals surface area contributed by atoms with Gasteiger partial charge in [-0.15, -0.1) is 0 Å². The Kier molecular flexibility index (Phi) is 3.87. The van der Waals surface area contributed by atoms with Crippen LogP contribution in [0.15, 0.2) is 30.3 Å². The van der Waals surface area contributed by atoms with Crippen molar-refractivity contribution in [1.29, 1.82) is 0 Å². The summed E-state index contributed by atoms with van der Waals surface area (Å²) in [7, 11) is 1.48. The maximum absolute atomic E-state index is 10.8. The summed E-state index contributed by atoms with van der Waals surface area (Å²) in [6.45, 7) is 0. The molecule has 0 aliphatic carbocycles. The first-order valence-corrected chi connectivity index (χ1v) is 5.92. The number of benzene rings is 1. The summed E-state index contributed by atoms with van der Waals surface area (Å²) < 4.78 is 5.09. The van der Waals surface area contributed by atoms with E-state index in [1.54, 1.807) is 18.2 Å². The van der Waals surface area contributed by atoms with Crippen molar-refractivity contribution in [2.24, 2.45) is 0 Å². The van der Waals surface area contributed by atoms with Crippen LogP contribution in [-0.4, -0.2) is 17.0 Å². The van der Waals surface area contributed by atoms with Crippen LogP contribution in [0.3, 0.4) is 0 Å². The van der Waals surface area contributed by atoms with Crippen molar-refractivity contribution < 1.29 is 9.66 Å². The maximum Gasteiger partial charge on any atom is 0.274 e. The second-order valence-corrected chi connectivity index (χ2v) is 4.43. The number of methoxy groups -OCH3 is 1. The van der Waals surface area contributed by atoms with Gasteiger partial charge in [-0.25, -0.2) is 4.98 Å². The normalized spacial score (nSPS) is 10.3. The standard InChI is InChI=1S/C12H8Cl2N2O3/c1-19-11-4-7(2-3-9(11)13)10-5-8(16(17)18)6-12(14)15-10/h2-6H,1H3. The predicted molar refractivity (Wildman–Crippen MR) is 72.9 cm³/mol. The van der Waals surface area contributed by atoms with E-state index < -0.39 is 4.92 Å². The summed E-state index contributed by atoms with van der Waals surface area (Å²) in [5.41, 5.74) is 0.893. The van der Waals surface area contributed by atoms with Gasteiger partial charge in [0, 0.05) is 11.6 Å². The Morgan fingerprint density at radius 3 is 2.63 bits per heavy atom. The molecule has 0 saturated carbocycles. The number of rotatable bonds is 3. The minimum atomic E-state index is -0.524. The zero-order chi connectivity index (χ0) is 14.0. The molecule has 1 aromatic carbocycles. The summed E-state index contributed by atoms with van der Waals surface area (Å²) in [6.07, 6.45) is 0. The van der Waals surface area contributed by atoms with Gasteiger partial charge in [0.15, 0.2) is 0 Å². The van der Waals surface area contributed by atoms with Gasteiger partial charge in [-0.3, -0.25) is 10.1 Å². The number of nitrogens with zero attached hydrogens (tertiary/aromatic N) is 2. The fraction of sp³-hybridized carbons (Fsp3) is 0.0833. The van der Waals surface area contributed by atoms with E-state index in [1.807, 2.05) is 0 Å². The fourth-order valence-corrected chi connectivity index (χ4v) is 1.95. The SMILES string of the molecule is COc1cc(-c2cc([N+](=O)[O-])cc(Cl)n2)ccc1Cl. The molecule has 0 atom stereocenters. The lowest BCUT2D eigenvalue weighted by molar-refractivity contribution is -0.384.